The number of hydrogen-bond acceptors (Lipinski definition) is 4. The highest BCUT2D eigenvalue weighted by molar-refractivity contribution is 7.13. The molecule has 1 saturated heterocycles. The lowest BCUT2D eigenvalue weighted by atomic mass is 10.1. The van der Waals surface area contributed by atoms with Crippen molar-refractivity contribution in [2.24, 2.45) is 0 Å². The van der Waals surface area contributed by atoms with Crippen molar-refractivity contribution in [2.45, 2.75) is 25.8 Å². The summed E-state index contributed by atoms with van der Waals surface area (Å²) in [5.74, 6) is 0.292. The van der Waals surface area contributed by atoms with Crippen LogP contribution in [0.5, 0.6) is 0 Å². The van der Waals surface area contributed by atoms with Gasteiger partial charge in [0.05, 0.1) is 5.69 Å². The van der Waals surface area contributed by atoms with E-state index in [9.17, 15) is 4.79 Å². The number of aryl methyl sites for hydroxylation is 1. The van der Waals surface area contributed by atoms with Crippen molar-refractivity contribution in [3.05, 3.63) is 77.3 Å². The van der Waals surface area contributed by atoms with Crippen LogP contribution in [0.25, 0.3) is 10.6 Å². The molecule has 0 bridgehead atoms. The van der Waals surface area contributed by atoms with Crippen LogP contribution in [-0.2, 0) is 17.8 Å². The van der Waals surface area contributed by atoms with Crippen LogP contribution in [0.4, 0.5) is 0 Å². The summed E-state index contributed by atoms with van der Waals surface area (Å²) in [6, 6.07) is 20.7. The fourth-order valence-electron chi connectivity index (χ4n) is 3.72. The zero-order valence-corrected chi connectivity index (χ0v) is 17.5. The van der Waals surface area contributed by atoms with Gasteiger partial charge in [-0.25, -0.2) is 4.98 Å². The fourth-order valence-corrected chi connectivity index (χ4v) is 4.54. The molecule has 0 saturated carbocycles. The predicted molar refractivity (Wildman–Crippen MR) is 119 cm³/mol. The third kappa shape index (κ3) is 5.52. The lowest BCUT2D eigenvalue weighted by Crippen LogP contribution is -2.48. The SMILES string of the molecule is O=C(CCCc1ccccc1)N1CCN(Cc2csc(-c3ccccc3)n2)CC1. The molecule has 0 aliphatic carbocycles. The molecular weight excluding hydrogens is 378 g/mol. The molecule has 4 rings (SSSR count). The van der Waals surface area contributed by atoms with Crippen molar-refractivity contribution in [1.82, 2.24) is 14.8 Å². The van der Waals surface area contributed by atoms with Crippen LogP contribution < -0.4 is 0 Å². The van der Waals surface area contributed by atoms with E-state index in [0.717, 1.165) is 56.3 Å². The summed E-state index contributed by atoms with van der Waals surface area (Å²) in [4.78, 5) is 21.7. The van der Waals surface area contributed by atoms with Gasteiger partial charge in [0.15, 0.2) is 0 Å². The van der Waals surface area contributed by atoms with Crippen molar-refractivity contribution in [1.29, 1.82) is 0 Å². The van der Waals surface area contributed by atoms with E-state index in [4.69, 9.17) is 4.98 Å². The second-order valence-corrected chi connectivity index (χ2v) is 8.36. The van der Waals surface area contributed by atoms with Crippen LogP contribution in [0.1, 0.15) is 24.1 Å². The molecular formula is C24H27N3OS. The van der Waals surface area contributed by atoms with Gasteiger partial charge in [0.1, 0.15) is 5.01 Å². The van der Waals surface area contributed by atoms with Gasteiger partial charge >= 0.3 is 0 Å². The van der Waals surface area contributed by atoms with Gasteiger partial charge in [-0.05, 0) is 18.4 Å². The zero-order valence-electron chi connectivity index (χ0n) is 16.7. The average molecular weight is 406 g/mol. The van der Waals surface area contributed by atoms with Crippen LogP contribution in [0.15, 0.2) is 66.0 Å². The molecule has 1 amide bonds. The topological polar surface area (TPSA) is 36.4 Å². The van der Waals surface area contributed by atoms with E-state index in [-0.39, 0.29) is 0 Å². The summed E-state index contributed by atoms with van der Waals surface area (Å²) in [6.07, 6.45) is 2.53. The first-order valence-corrected chi connectivity index (χ1v) is 11.2. The molecule has 0 unspecified atom stereocenters. The molecule has 3 aromatic rings. The third-order valence-corrected chi connectivity index (χ3v) is 6.32. The van der Waals surface area contributed by atoms with Crippen LogP contribution in [0.3, 0.4) is 0 Å². The minimum atomic E-state index is 0.292. The first kappa shape index (κ1) is 19.8. The molecule has 1 aliphatic heterocycles. The lowest BCUT2D eigenvalue weighted by Gasteiger charge is -2.34. The van der Waals surface area contributed by atoms with Gasteiger partial charge in [-0.2, -0.15) is 0 Å². The monoisotopic (exact) mass is 405 g/mol. The zero-order chi connectivity index (χ0) is 19.9. The molecule has 2 aromatic carbocycles. The Morgan fingerprint density at radius 1 is 0.931 bits per heavy atom. The number of hydrogen-bond donors (Lipinski definition) is 0. The minimum absolute atomic E-state index is 0.292. The summed E-state index contributed by atoms with van der Waals surface area (Å²) < 4.78 is 0. The Morgan fingerprint density at radius 2 is 1.62 bits per heavy atom. The van der Waals surface area contributed by atoms with E-state index in [1.54, 1.807) is 11.3 Å². The molecule has 1 fully saturated rings. The first-order chi connectivity index (χ1) is 14.3. The molecule has 1 aromatic heterocycles. The molecule has 2 heterocycles. The Balaban J connectivity index is 1.20. The van der Waals surface area contributed by atoms with E-state index in [1.165, 1.54) is 11.1 Å². The van der Waals surface area contributed by atoms with Crippen LogP contribution in [0, 0.1) is 0 Å². The normalized spacial score (nSPS) is 14.8. The largest absolute Gasteiger partial charge is 0.340 e. The van der Waals surface area contributed by atoms with E-state index in [2.05, 4.69) is 46.7 Å². The standard InChI is InChI=1S/C24H27N3OS/c28-23(13-7-10-20-8-3-1-4-9-20)27-16-14-26(15-17-27)18-22-19-29-24(25-22)21-11-5-2-6-12-21/h1-6,8-9,11-12,19H,7,10,13-18H2. The number of amides is 1. The number of rotatable bonds is 7. The maximum Gasteiger partial charge on any atom is 0.222 e. The Labute approximate surface area is 176 Å². The molecule has 1 aliphatic rings. The molecule has 29 heavy (non-hydrogen) atoms. The molecule has 4 nitrogen and oxygen atoms in total. The Bertz CT molecular complexity index is 902. The second kappa shape index (κ2) is 9.81. The summed E-state index contributed by atoms with van der Waals surface area (Å²) in [5, 5.41) is 3.23. The molecule has 0 radical (unpaired) electrons. The fraction of sp³-hybridized carbons (Fsp3) is 0.333. The van der Waals surface area contributed by atoms with Crippen LogP contribution in [0.2, 0.25) is 0 Å². The number of carbonyl (C=O) groups excluding carboxylic acids is 1. The summed E-state index contributed by atoms with van der Waals surface area (Å²) in [7, 11) is 0. The third-order valence-electron chi connectivity index (χ3n) is 5.38. The van der Waals surface area contributed by atoms with Gasteiger partial charge in [-0.15, -0.1) is 11.3 Å². The number of carbonyl (C=O) groups is 1. The molecule has 0 atom stereocenters. The van der Waals surface area contributed by atoms with Crippen molar-refractivity contribution >= 4 is 17.2 Å². The van der Waals surface area contributed by atoms with E-state index >= 15 is 0 Å². The van der Waals surface area contributed by atoms with E-state index in [1.807, 2.05) is 29.2 Å². The van der Waals surface area contributed by atoms with Crippen LogP contribution in [-0.4, -0.2) is 46.9 Å². The molecule has 5 heteroatoms. The van der Waals surface area contributed by atoms with E-state index in [0.29, 0.717) is 12.3 Å². The highest BCUT2D eigenvalue weighted by Crippen LogP contribution is 2.24. The number of aromatic nitrogens is 1. The van der Waals surface area contributed by atoms with Crippen LogP contribution >= 0.6 is 11.3 Å². The Morgan fingerprint density at radius 3 is 2.34 bits per heavy atom. The highest BCUT2D eigenvalue weighted by atomic mass is 32.1. The lowest BCUT2D eigenvalue weighted by molar-refractivity contribution is -0.133. The van der Waals surface area contributed by atoms with Gasteiger partial charge < -0.3 is 4.90 Å². The molecule has 150 valence electrons. The van der Waals surface area contributed by atoms with Gasteiger partial charge in [0.2, 0.25) is 5.91 Å². The summed E-state index contributed by atoms with van der Waals surface area (Å²) >= 11 is 1.70. The van der Waals surface area contributed by atoms with Crippen molar-refractivity contribution in [2.75, 3.05) is 26.2 Å². The summed E-state index contributed by atoms with van der Waals surface area (Å²) in [5.41, 5.74) is 3.61. The minimum Gasteiger partial charge on any atom is -0.340 e. The van der Waals surface area contributed by atoms with E-state index < -0.39 is 0 Å². The highest BCUT2D eigenvalue weighted by Gasteiger charge is 2.21. The predicted octanol–water partition coefficient (Wildman–Crippen LogP) is 4.48. The number of piperazine rings is 1. The van der Waals surface area contributed by atoms with Gasteiger partial charge in [-0.1, -0.05) is 60.7 Å². The number of benzene rings is 2. The molecule has 0 spiro atoms. The van der Waals surface area contributed by atoms with Gasteiger partial charge in [-0.3, -0.25) is 9.69 Å². The smallest absolute Gasteiger partial charge is 0.222 e. The summed E-state index contributed by atoms with van der Waals surface area (Å²) in [6.45, 7) is 4.34. The maximum atomic E-state index is 12.5. The quantitative estimate of drug-likeness (QED) is 0.582. The maximum absolute atomic E-state index is 12.5. The van der Waals surface area contributed by atoms with Crippen molar-refractivity contribution in [3.63, 3.8) is 0 Å². The Kier molecular flexibility index (Phi) is 6.70. The average Bonchev–Trinajstić information content (AvgIpc) is 3.24. The molecule has 0 N–H and O–H groups in total. The first-order valence-electron chi connectivity index (χ1n) is 10.3. The second-order valence-electron chi connectivity index (χ2n) is 7.51. The number of thiazole rings is 1. The van der Waals surface area contributed by atoms with Gasteiger partial charge in [0.25, 0.3) is 0 Å². The van der Waals surface area contributed by atoms with Gasteiger partial charge in [0, 0.05) is 50.1 Å². The van der Waals surface area contributed by atoms with Crippen molar-refractivity contribution < 1.29 is 4.79 Å². The number of nitrogens with zero attached hydrogens (tertiary/aromatic N) is 3. The van der Waals surface area contributed by atoms with Crippen molar-refractivity contribution in [3.8, 4) is 10.6 Å². The Hall–Kier alpha value is -2.50.